The Hall–Kier alpha value is -3.40. The van der Waals surface area contributed by atoms with Crippen molar-refractivity contribution in [3.63, 3.8) is 0 Å². The first-order valence-electron chi connectivity index (χ1n) is 9.00. The van der Waals surface area contributed by atoms with Crippen LogP contribution in [0.1, 0.15) is 17.3 Å². The number of anilines is 1. The molecule has 0 aliphatic carbocycles. The second kappa shape index (κ2) is 7.87. The largest absolute Gasteiger partial charge is 0.423 e. The van der Waals surface area contributed by atoms with Crippen LogP contribution >= 0.6 is 0 Å². The van der Waals surface area contributed by atoms with Gasteiger partial charge in [-0.3, -0.25) is 0 Å². The Morgan fingerprint density at radius 1 is 0.741 bits per heavy atom. The molecule has 27 heavy (non-hydrogen) atoms. The van der Waals surface area contributed by atoms with Gasteiger partial charge in [-0.05, 0) is 17.2 Å². The van der Waals surface area contributed by atoms with Crippen molar-refractivity contribution in [2.24, 2.45) is 0 Å². The first-order chi connectivity index (χ1) is 13.3. The van der Waals surface area contributed by atoms with Crippen LogP contribution < -0.4 is 4.90 Å². The molecule has 4 heteroatoms. The average Bonchev–Trinajstić information content (AvgIpc) is 3.16. The number of rotatable bonds is 6. The van der Waals surface area contributed by atoms with Gasteiger partial charge in [-0.25, -0.2) is 0 Å². The van der Waals surface area contributed by atoms with Crippen molar-refractivity contribution < 1.29 is 4.42 Å². The fraction of sp³-hybridized carbons (Fsp3) is 0.130. The van der Waals surface area contributed by atoms with Crippen LogP contribution in [0.15, 0.2) is 89.3 Å². The van der Waals surface area contributed by atoms with Crippen molar-refractivity contribution in [3.8, 4) is 11.1 Å². The molecule has 0 unspecified atom stereocenters. The van der Waals surface area contributed by atoms with Gasteiger partial charge >= 0.3 is 0 Å². The molecule has 0 aliphatic heterocycles. The van der Waals surface area contributed by atoms with Gasteiger partial charge in [0, 0.05) is 18.3 Å². The van der Waals surface area contributed by atoms with Crippen LogP contribution in [0.2, 0.25) is 0 Å². The van der Waals surface area contributed by atoms with Gasteiger partial charge in [-0.2, -0.15) is 0 Å². The third-order valence-electron chi connectivity index (χ3n) is 4.48. The summed E-state index contributed by atoms with van der Waals surface area (Å²) in [4.78, 5) is 2.14. The van der Waals surface area contributed by atoms with E-state index < -0.39 is 0 Å². The zero-order valence-electron chi connectivity index (χ0n) is 15.2. The normalized spacial score (nSPS) is 10.7. The van der Waals surface area contributed by atoms with Crippen molar-refractivity contribution in [2.45, 2.75) is 13.0 Å². The van der Waals surface area contributed by atoms with Gasteiger partial charge in [0.1, 0.15) is 0 Å². The molecule has 4 rings (SSSR count). The molecule has 3 aromatic carbocycles. The maximum atomic E-state index is 5.86. The number of para-hydroxylation sites is 1. The van der Waals surface area contributed by atoms with Crippen LogP contribution in [0.4, 0.5) is 5.69 Å². The highest BCUT2D eigenvalue weighted by Crippen LogP contribution is 2.30. The molecule has 0 bridgehead atoms. The van der Waals surface area contributed by atoms with Gasteiger partial charge in [0.2, 0.25) is 11.8 Å². The summed E-state index contributed by atoms with van der Waals surface area (Å²) in [5.74, 6) is 1.26. The van der Waals surface area contributed by atoms with E-state index in [2.05, 4.69) is 69.7 Å². The van der Waals surface area contributed by atoms with Crippen LogP contribution in [-0.2, 0) is 13.0 Å². The van der Waals surface area contributed by atoms with E-state index >= 15 is 0 Å². The van der Waals surface area contributed by atoms with Crippen LogP contribution in [0.5, 0.6) is 0 Å². The second-order valence-electron chi connectivity index (χ2n) is 6.49. The summed E-state index contributed by atoms with van der Waals surface area (Å²) in [6.07, 6.45) is 0.651. The zero-order valence-corrected chi connectivity index (χ0v) is 15.2. The zero-order chi connectivity index (χ0) is 18.5. The summed E-state index contributed by atoms with van der Waals surface area (Å²) in [6.45, 7) is 0.561. The maximum Gasteiger partial charge on any atom is 0.235 e. The second-order valence-corrected chi connectivity index (χ2v) is 6.49. The van der Waals surface area contributed by atoms with Gasteiger partial charge in [0.25, 0.3) is 0 Å². The van der Waals surface area contributed by atoms with Gasteiger partial charge in [-0.1, -0.05) is 78.9 Å². The molecule has 0 N–H and O–H groups in total. The van der Waals surface area contributed by atoms with Crippen LogP contribution in [-0.4, -0.2) is 17.2 Å². The van der Waals surface area contributed by atoms with Crippen LogP contribution in [0, 0.1) is 0 Å². The lowest BCUT2D eigenvalue weighted by Crippen LogP contribution is -2.17. The molecule has 4 aromatic rings. The molecule has 0 fully saturated rings. The molecule has 134 valence electrons. The molecule has 4 nitrogen and oxygen atoms in total. The number of benzene rings is 3. The fourth-order valence-electron chi connectivity index (χ4n) is 3.15. The highest BCUT2D eigenvalue weighted by atomic mass is 16.4. The minimum atomic E-state index is 0.561. The minimum absolute atomic E-state index is 0.561. The smallest absolute Gasteiger partial charge is 0.235 e. The number of hydrogen-bond acceptors (Lipinski definition) is 4. The van der Waals surface area contributed by atoms with Gasteiger partial charge in [0.05, 0.1) is 13.0 Å². The Morgan fingerprint density at radius 2 is 1.37 bits per heavy atom. The summed E-state index contributed by atoms with van der Waals surface area (Å²) in [5, 5.41) is 8.42. The van der Waals surface area contributed by atoms with Crippen molar-refractivity contribution in [3.05, 3.63) is 102 Å². The average molecular weight is 355 g/mol. The van der Waals surface area contributed by atoms with Gasteiger partial charge in [-0.15, -0.1) is 10.2 Å². The van der Waals surface area contributed by atoms with Gasteiger partial charge in [0.15, 0.2) is 0 Å². The van der Waals surface area contributed by atoms with E-state index in [1.165, 1.54) is 11.1 Å². The van der Waals surface area contributed by atoms with E-state index in [1.807, 2.05) is 37.4 Å². The van der Waals surface area contributed by atoms with Gasteiger partial charge < -0.3 is 9.32 Å². The SMILES string of the molecule is CN(Cc1nnc(Cc2ccccc2)o1)c1ccccc1-c1ccccc1. The van der Waals surface area contributed by atoms with E-state index in [9.17, 15) is 0 Å². The molecular weight excluding hydrogens is 334 g/mol. The summed E-state index contributed by atoms with van der Waals surface area (Å²) < 4.78 is 5.86. The Balaban J connectivity index is 1.51. The van der Waals surface area contributed by atoms with Crippen molar-refractivity contribution in [2.75, 3.05) is 11.9 Å². The Kier molecular flexibility index (Phi) is 4.97. The summed E-state index contributed by atoms with van der Waals surface area (Å²) >= 11 is 0. The molecule has 0 spiro atoms. The number of nitrogens with zero attached hydrogens (tertiary/aromatic N) is 3. The molecule has 0 saturated carbocycles. The van der Waals surface area contributed by atoms with Crippen LogP contribution in [0.25, 0.3) is 11.1 Å². The summed E-state index contributed by atoms with van der Waals surface area (Å²) in [6, 6.07) is 28.9. The minimum Gasteiger partial charge on any atom is -0.423 e. The summed E-state index contributed by atoms with van der Waals surface area (Å²) in [7, 11) is 2.04. The van der Waals surface area contributed by atoms with E-state index in [0.717, 1.165) is 11.3 Å². The van der Waals surface area contributed by atoms with E-state index in [-0.39, 0.29) is 0 Å². The molecule has 0 radical (unpaired) electrons. The molecular formula is C23H21N3O. The molecule has 0 amide bonds. The predicted molar refractivity (Wildman–Crippen MR) is 108 cm³/mol. The Morgan fingerprint density at radius 3 is 2.15 bits per heavy atom. The lowest BCUT2D eigenvalue weighted by Gasteiger charge is -2.21. The highest BCUT2D eigenvalue weighted by Gasteiger charge is 2.13. The molecule has 0 saturated heterocycles. The first-order valence-corrected chi connectivity index (χ1v) is 9.00. The third-order valence-corrected chi connectivity index (χ3v) is 4.48. The highest BCUT2D eigenvalue weighted by molar-refractivity contribution is 5.78. The maximum absolute atomic E-state index is 5.86. The van der Waals surface area contributed by atoms with Crippen molar-refractivity contribution in [1.82, 2.24) is 10.2 Å². The first kappa shape index (κ1) is 17.0. The van der Waals surface area contributed by atoms with E-state index in [0.29, 0.717) is 24.7 Å². The quantitative estimate of drug-likeness (QED) is 0.490. The lowest BCUT2D eigenvalue weighted by atomic mass is 10.0. The van der Waals surface area contributed by atoms with E-state index in [4.69, 9.17) is 4.42 Å². The molecule has 0 atom stereocenters. The monoisotopic (exact) mass is 355 g/mol. The van der Waals surface area contributed by atoms with E-state index in [1.54, 1.807) is 0 Å². The summed E-state index contributed by atoms with van der Waals surface area (Å²) in [5.41, 5.74) is 4.67. The standard InChI is InChI=1S/C23H21N3O/c1-26(21-15-9-8-14-20(21)19-12-6-3-7-13-19)17-23-25-24-22(27-23)16-18-10-4-2-5-11-18/h2-15H,16-17H2,1H3. The number of hydrogen-bond donors (Lipinski definition) is 0. The van der Waals surface area contributed by atoms with Crippen molar-refractivity contribution >= 4 is 5.69 Å². The lowest BCUT2D eigenvalue weighted by molar-refractivity contribution is 0.456. The fourth-order valence-corrected chi connectivity index (χ4v) is 3.15. The number of aromatic nitrogens is 2. The molecule has 1 aromatic heterocycles. The molecule has 1 heterocycles. The Bertz CT molecular complexity index is 996. The Labute approximate surface area is 159 Å². The van der Waals surface area contributed by atoms with Crippen LogP contribution in [0.3, 0.4) is 0 Å². The predicted octanol–water partition coefficient (Wildman–Crippen LogP) is 4.96. The van der Waals surface area contributed by atoms with Crippen molar-refractivity contribution in [1.29, 1.82) is 0 Å². The molecule has 0 aliphatic rings. The topological polar surface area (TPSA) is 42.2 Å². The third kappa shape index (κ3) is 4.06.